The van der Waals surface area contributed by atoms with Crippen molar-refractivity contribution in [2.24, 2.45) is 5.73 Å². The molecule has 2 atom stereocenters. The van der Waals surface area contributed by atoms with Crippen LogP contribution in [0.4, 0.5) is 4.79 Å². The summed E-state index contributed by atoms with van der Waals surface area (Å²) in [5.74, 6) is 0. The van der Waals surface area contributed by atoms with E-state index >= 15 is 0 Å². The standard InChI is InChI=1S/C10H20N2O2/c1-10(2,3)14-9(13)12-8-6-4-5-7(8)11/h7-8H,4-6,11H2,1-3H3,(H,12,13)/t7?,8-/m0/s1. The van der Waals surface area contributed by atoms with E-state index in [0.29, 0.717) is 0 Å². The molecule has 0 aromatic heterocycles. The minimum atomic E-state index is -0.438. The minimum Gasteiger partial charge on any atom is -0.444 e. The molecule has 0 aliphatic heterocycles. The Balaban J connectivity index is 2.33. The Hall–Kier alpha value is -0.770. The van der Waals surface area contributed by atoms with Gasteiger partial charge >= 0.3 is 6.09 Å². The summed E-state index contributed by atoms with van der Waals surface area (Å²) in [6, 6.07) is 0.173. The molecule has 14 heavy (non-hydrogen) atoms. The van der Waals surface area contributed by atoms with E-state index in [1.165, 1.54) is 0 Å². The summed E-state index contributed by atoms with van der Waals surface area (Å²) in [5, 5.41) is 2.80. The number of nitrogens with one attached hydrogen (secondary N) is 1. The van der Waals surface area contributed by atoms with Crippen molar-refractivity contribution in [3.63, 3.8) is 0 Å². The molecule has 1 fully saturated rings. The zero-order valence-electron chi connectivity index (χ0n) is 9.17. The van der Waals surface area contributed by atoms with E-state index in [9.17, 15) is 4.79 Å². The molecular weight excluding hydrogens is 180 g/mol. The van der Waals surface area contributed by atoms with Gasteiger partial charge in [0.05, 0.1) is 0 Å². The van der Waals surface area contributed by atoms with Crippen LogP contribution in [0, 0.1) is 0 Å². The number of rotatable bonds is 1. The Morgan fingerprint density at radius 2 is 2.07 bits per heavy atom. The van der Waals surface area contributed by atoms with Gasteiger partial charge in [0.1, 0.15) is 5.60 Å². The summed E-state index contributed by atoms with van der Waals surface area (Å²) in [6.07, 6.45) is 2.67. The monoisotopic (exact) mass is 200 g/mol. The van der Waals surface area contributed by atoms with Gasteiger partial charge < -0.3 is 15.8 Å². The Morgan fingerprint density at radius 1 is 1.43 bits per heavy atom. The molecule has 0 spiro atoms. The van der Waals surface area contributed by atoms with E-state index in [-0.39, 0.29) is 18.2 Å². The fourth-order valence-corrected chi connectivity index (χ4v) is 1.63. The van der Waals surface area contributed by atoms with Crippen LogP contribution in [-0.2, 0) is 4.74 Å². The van der Waals surface area contributed by atoms with E-state index in [0.717, 1.165) is 19.3 Å². The summed E-state index contributed by atoms with van der Waals surface area (Å²) in [7, 11) is 0. The molecule has 0 heterocycles. The summed E-state index contributed by atoms with van der Waals surface area (Å²) >= 11 is 0. The lowest BCUT2D eigenvalue weighted by molar-refractivity contribution is 0.0501. The molecule has 3 N–H and O–H groups in total. The van der Waals surface area contributed by atoms with Crippen LogP contribution in [-0.4, -0.2) is 23.8 Å². The molecule has 4 heteroatoms. The van der Waals surface area contributed by atoms with Crippen LogP contribution in [0.1, 0.15) is 40.0 Å². The molecule has 82 valence electrons. The molecular formula is C10H20N2O2. The highest BCUT2D eigenvalue weighted by Crippen LogP contribution is 2.17. The highest BCUT2D eigenvalue weighted by atomic mass is 16.6. The number of carbonyl (C=O) groups excluding carboxylic acids is 1. The van der Waals surface area contributed by atoms with E-state index in [2.05, 4.69) is 5.32 Å². The number of ether oxygens (including phenoxy) is 1. The van der Waals surface area contributed by atoms with E-state index in [1.54, 1.807) is 0 Å². The minimum absolute atomic E-state index is 0.0857. The van der Waals surface area contributed by atoms with Gasteiger partial charge in [-0.2, -0.15) is 0 Å². The first kappa shape index (κ1) is 11.3. The van der Waals surface area contributed by atoms with Crippen LogP contribution in [0.25, 0.3) is 0 Å². The van der Waals surface area contributed by atoms with Gasteiger partial charge in [-0.3, -0.25) is 0 Å². The lowest BCUT2D eigenvalue weighted by Gasteiger charge is -2.23. The maximum Gasteiger partial charge on any atom is 0.407 e. The average molecular weight is 200 g/mol. The first-order chi connectivity index (χ1) is 6.38. The molecule has 1 aliphatic rings. The second-order valence-corrected chi connectivity index (χ2v) is 4.85. The molecule has 1 amide bonds. The van der Waals surface area contributed by atoms with Crippen molar-refractivity contribution in [3.05, 3.63) is 0 Å². The third-order valence-corrected chi connectivity index (χ3v) is 2.27. The van der Waals surface area contributed by atoms with Gasteiger partial charge in [-0.1, -0.05) is 0 Å². The van der Waals surface area contributed by atoms with Gasteiger partial charge in [-0.15, -0.1) is 0 Å². The molecule has 1 aliphatic carbocycles. The first-order valence-corrected chi connectivity index (χ1v) is 5.13. The molecule has 4 nitrogen and oxygen atoms in total. The Bertz CT molecular complexity index is 211. The van der Waals surface area contributed by atoms with Gasteiger partial charge in [0.25, 0.3) is 0 Å². The van der Waals surface area contributed by atoms with E-state index < -0.39 is 5.60 Å². The van der Waals surface area contributed by atoms with E-state index in [4.69, 9.17) is 10.5 Å². The van der Waals surface area contributed by atoms with Crippen LogP contribution in [0.3, 0.4) is 0 Å². The molecule has 1 unspecified atom stereocenters. The molecule has 0 aromatic rings. The number of amides is 1. The summed E-state index contributed by atoms with van der Waals surface area (Å²) in [4.78, 5) is 11.4. The molecule has 1 rings (SSSR count). The van der Waals surface area contributed by atoms with Crippen LogP contribution in [0.15, 0.2) is 0 Å². The summed E-state index contributed by atoms with van der Waals surface area (Å²) in [6.45, 7) is 5.55. The number of carbonyl (C=O) groups is 1. The number of hydrogen-bond donors (Lipinski definition) is 2. The fraction of sp³-hybridized carbons (Fsp3) is 0.900. The maximum absolute atomic E-state index is 11.4. The first-order valence-electron chi connectivity index (χ1n) is 5.13. The average Bonchev–Trinajstić information content (AvgIpc) is 2.32. The van der Waals surface area contributed by atoms with Crippen molar-refractivity contribution >= 4 is 6.09 Å². The highest BCUT2D eigenvalue weighted by molar-refractivity contribution is 5.68. The van der Waals surface area contributed by atoms with Crippen LogP contribution >= 0.6 is 0 Å². The lowest BCUT2D eigenvalue weighted by atomic mass is 10.2. The maximum atomic E-state index is 11.4. The number of nitrogens with two attached hydrogens (primary N) is 1. The van der Waals surface area contributed by atoms with Crippen LogP contribution in [0.2, 0.25) is 0 Å². The fourth-order valence-electron chi connectivity index (χ4n) is 1.63. The zero-order chi connectivity index (χ0) is 10.8. The second kappa shape index (κ2) is 4.17. The topological polar surface area (TPSA) is 64.3 Å². The second-order valence-electron chi connectivity index (χ2n) is 4.85. The number of alkyl carbamates (subject to hydrolysis) is 1. The quantitative estimate of drug-likeness (QED) is 0.672. The Labute approximate surface area is 85.2 Å². The molecule has 0 bridgehead atoms. The van der Waals surface area contributed by atoms with Crippen LogP contribution in [0.5, 0.6) is 0 Å². The van der Waals surface area contributed by atoms with Gasteiger partial charge in [0, 0.05) is 12.1 Å². The van der Waals surface area contributed by atoms with Crippen LogP contribution < -0.4 is 11.1 Å². The van der Waals surface area contributed by atoms with Gasteiger partial charge in [0.15, 0.2) is 0 Å². The van der Waals surface area contributed by atoms with Crippen molar-refractivity contribution < 1.29 is 9.53 Å². The third kappa shape index (κ3) is 3.54. The van der Waals surface area contributed by atoms with Crippen molar-refractivity contribution in [1.29, 1.82) is 0 Å². The Morgan fingerprint density at radius 3 is 2.50 bits per heavy atom. The lowest BCUT2D eigenvalue weighted by Crippen LogP contribution is -2.45. The normalized spacial score (nSPS) is 27.4. The smallest absolute Gasteiger partial charge is 0.407 e. The Kier molecular flexibility index (Phi) is 3.37. The predicted molar refractivity (Wildman–Crippen MR) is 55.0 cm³/mol. The summed E-state index contributed by atoms with van der Waals surface area (Å²) < 4.78 is 5.14. The molecule has 1 saturated carbocycles. The van der Waals surface area contributed by atoms with Gasteiger partial charge in [-0.25, -0.2) is 4.79 Å². The molecule has 0 saturated heterocycles. The largest absolute Gasteiger partial charge is 0.444 e. The zero-order valence-corrected chi connectivity index (χ0v) is 9.17. The van der Waals surface area contributed by atoms with Gasteiger partial charge in [0.2, 0.25) is 0 Å². The predicted octanol–water partition coefficient (Wildman–Crippen LogP) is 1.39. The number of hydrogen-bond acceptors (Lipinski definition) is 3. The van der Waals surface area contributed by atoms with Crippen molar-refractivity contribution in [3.8, 4) is 0 Å². The molecule has 0 radical (unpaired) electrons. The highest BCUT2D eigenvalue weighted by Gasteiger charge is 2.27. The van der Waals surface area contributed by atoms with E-state index in [1.807, 2.05) is 20.8 Å². The third-order valence-electron chi connectivity index (χ3n) is 2.27. The SMILES string of the molecule is CC(C)(C)OC(=O)N[C@H]1CCCC1N. The van der Waals surface area contributed by atoms with Crippen molar-refractivity contribution in [2.75, 3.05) is 0 Å². The van der Waals surface area contributed by atoms with Crippen molar-refractivity contribution in [1.82, 2.24) is 5.32 Å². The summed E-state index contributed by atoms with van der Waals surface area (Å²) in [5.41, 5.74) is 5.38. The van der Waals surface area contributed by atoms with Crippen molar-refractivity contribution in [2.45, 2.75) is 57.7 Å². The van der Waals surface area contributed by atoms with Gasteiger partial charge in [-0.05, 0) is 40.0 Å². The molecule has 0 aromatic carbocycles.